The van der Waals surface area contributed by atoms with Crippen LogP contribution in [0.15, 0.2) is 35.5 Å². The van der Waals surface area contributed by atoms with E-state index in [0.717, 1.165) is 0 Å². The molecule has 1 rings (SSSR count). The number of benzene rings is 1. The number of nitroso groups, excluding NO2 is 1. The average molecular weight is 209 g/mol. The highest BCUT2D eigenvalue weighted by Crippen LogP contribution is 2.01. The van der Waals surface area contributed by atoms with Gasteiger partial charge in [-0.3, -0.25) is 0 Å². The summed E-state index contributed by atoms with van der Waals surface area (Å²) in [6.45, 7) is -0.498. The van der Waals surface area contributed by atoms with Gasteiger partial charge in [0.05, 0.1) is 5.56 Å². The van der Waals surface area contributed by atoms with Crippen molar-refractivity contribution in [1.29, 1.82) is 0 Å². The van der Waals surface area contributed by atoms with Crippen LogP contribution in [0.1, 0.15) is 10.4 Å². The molecule has 15 heavy (non-hydrogen) atoms. The Labute approximate surface area is 86.7 Å². The second-order valence-electron chi connectivity index (χ2n) is 2.93. The first-order valence-electron chi connectivity index (χ1n) is 4.43. The highest BCUT2D eigenvalue weighted by Gasteiger charge is 2.10. The van der Waals surface area contributed by atoms with Crippen LogP contribution in [-0.4, -0.2) is 30.3 Å². The van der Waals surface area contributed by atoms with Crippen LogP contribution in [-0.2, 0) is 4.74 Å². The summed E-state index contributed by atoms with van der Waals surface area (Å²) in [5.74, 6) is -0.527. The molecule has 0 saturated carbocycles. The minimum Gasteiger partial charge on any atom is -0.459 e. The fourth-order valence-electron chi connectivity index (χ4n) is 0.968. The number of rotatable bonds is 5. The minimum absolute atomic E-state index is 0.223. The van der Waals surface area contributed by atoms with E-state index in [-0.39, 0.29) is 13.2 Å². The molecule has 1 aromatic carbocycles. The summed E-state index contributed by atoms with van der Waals surface area (Å²) in [6.07, 6.45) is -1.03. The molecular formula is C10H11NO4. The van der Waals surface area contributed by atoms with Crippen LogP contribution in [0, 0.1) is 4.91 Å². The molecule has 0 amide bonds. The van der Waals surface area contributed by atoms with E-state index in [9.17, 15) is 9.70 Å². The molecule has 5 nitrogen and oxygen atoms in total. The Hall–Kier alpha value is -1.75. The van der Waals surface area contributed by atoms with E-state index >= 15 is 0 Å². The van der Waals surface area contributed by atoms with Crippen LogP contribution in [0.2, 0.25) is 0 Å². The molecule has 0 aromatic heterocycles. The SMILES string of the molecule is O=NCC(O)COC(=O)c1ccccc1. The van der Waals surface area contributed by atoms with Crippen molar-refractivity contribution in [3.05, 3.63) is 40.8 Å². The van der Waals surface area contributed by atoms with Crippen molar-refractivity contribution in [1.82, 2.24) is 0 Å². The van der Waals surface area contributed by atoms with Crippen LogP contribution in [0.25, 0.3) is 0 Å². The Kier molecular flexibility index (Phi) is 4.43. The lowest BCUT2D eigenvalue weighted by atomic mass is 10.2. The van der Waals surface area contributed by atoms with Gasteiger partial charge in [-0.15, -0.1) is 0 Å². The van der Waals surface area contributed by atoms with Crippen molar-refractivity contribution < 1.29 is 14.6 Å². The molecule has 0 radical (unpaired) electrons. The smallest absolute Gasteiger partial charge is 0.338 e. The molecule has 0 fully saturated rings. The highest BCUT2D eigenvalue weighted by atomic mass is 16.5. The van der Waals surface area contributed by atoms with Gasteiger partial charge in [0, 0.05) is 0 Å². The van der Waals surface area contributed by atoms with Gasteiger partial charge in [-0.2, -0.15) is 4.91 Å². The van der Waals surface area contributed by atoms with Gasteiger partial charge in [0.2, 0.25) is 0 Å². The first-order valence-corrected chi connectivity index (χ1v) is 4.43. The maximum atomic E-state index is 11.3. The number of hydrogen-bond donors (Lipinski definition) is 1. The monoisotopic (exact) mass is 209 g/mol. The van der Waals surface area contributed by atoms with Crippen molar-refractivity contribution in [2.24, 2.45) is 5.18 Å². The lowest BCUT2D eigenvalue weighted by Crippen LogP contribution is -2.21. The average Bonchev–Trinajstić information content (AvgIpc) is 2.27. The molecule has 5 heteroatoms. The number of carbonyl (C=O) groups is 1. The Bertz CT molecular complexity index is 325. The van der Waals surface area contributed by atoms with Gasteiger partial charge < -0.3 is 9.84 Å². The minimum atomic E-state index is -1.03. The number of ether oxygens (including phenoxy) is 1. The van der Waals surface area contributed by atoms with E-state index in [4.69, 9.17) is 9.84 Å². The lowest BCUT2D eigenvalue weighted by Gasteiger charge is -2.07. The van der Waals surface area contributed by atoms with E-state index in [2.05, 4.69) is 5.18 Å². The van der Waals surface area contributed by atoms with Gasteiger partial charge in [-0.25, -0.2) is 4.79 Å². The normalized spacial score (nSPS) is 11.8. The standard InChI is InChI=1S/C10H11NO4/c12-9(6-11-14)7-15-10(13)8-4-2-1-3-5-8/h1-5,9,12H,6-7H2. The first-order chi connectivity index (χ1) is 7.24. The summed E-state index contributed by atoms with van der Waals surface area (Å²) in [4.78, 5) is 21.1. The summed E-state index contributed by atoms with van der Waals surface area (Å²) < 4.78 is 4.75. The molecule has 1 unspecified atom stereocenters. The van der Waals surface area contributed by atoms with Crippen molar-refractivity contribution in [2.45, 2.75) is 6.10 Å². The number of aliphatic hydroxyl groups excluding tert-OH is 1. The zero-order chi connectivity index (χ0) is 11.1. The van der Waals surface area contributed by atoms with Crippen LogP contribution in [0.5, 0.6) is 0 Å². The largest absolute Gasteiger partial charge is 0.459 e. The van der Waals surface area contributed by atoms with E-state index in [1.165, 1.54) is 0 Å². The van der Waals surface area contributed by atoms with Crippen LogP contribution in [0.3, 0.4) is 0 Å². The summed E-state index contributed by atoms with van der Waals surface area (Å²) in [6, 6.07) is 8.40. The van der Waals surface area contributed by atoms with Gasteiger partial charge >= 0.3 is 5.97 Å². The summed E-state index contributed by atoms with van der Waals surface area (Å²) >= 11 is 0. The van der Waals surface area contributed by atoms with E-state index < -0.39 is 12.1 Å². The van der Waals surface area contributed by atoms with Crippen molar-refractivity contribution in [3.63, 3.8) is 0 Å². The van der Waals surface area contributed by atoms with Gasteiger partial charge in [0.25, 0.3) is 0 Å². The predicted octanol–water partition coefficient (Wildman–Crippen LogP) is 0.971. The second-order valence-corrected chi connectivity index (χ2v) is 2.93. The fourth-order valence-corrected chi connectivity index (χ4v) is 0.968. The molecule has 0 saturated heterocycles. The molecule has 80 valence electrons. The fraction of sp³-hybridized carbons (Fsp3) is 0.300. The van der Waals surface area contributed by atoms with Crippen LogP contribution in [0.4, 0.5) is 0 Å². The van der Waals surface area contributed by atoms with Crippen molar-refractivity contribution in [2.75, 3.05) is 13.2 Å². The molecule has 1 N–H and O–H groups in total. The Morgan fingerprint density at radius 1 is 1.40 bits per heavy atom. The number of aliphatic hydroxyl groups is 1. The topological polar surface area (TPSA) is 76.0 Å². The maximum Gasteiger partial charge on any atom is 0.338 e. The van der Waals surface area contributed by atoms with E-state index in [0.29, 0.717) is 5.56 Å². The molecule has 0 spiro atoms. The molecule has 0 aliphatic carbocycles. The van der Waals surface area contributed by atoms with E-state index in [1.807, 2.05) is 0 Å². The van der Waals surface area contributed by atoms with Crippen LogP contribution < -0.4 is 0 Å². The van der Waals surface area contributed by atoms with Crippen molar-refractivity contribution >= 4 is 5.97 Å². The summed E-state index contributed by atoms with van der Waals surface area (Å²) in [7, 11) is 0. The molecule has 0 bridgehead atoms. The molecule has 0 heterocycles. The van der Waals surface area contributed by atoms with Gasteiger partial charge in [-0.05, 0) is 12.1 Å². The highest BCUT2D eigenvalue weighted by molar-refractivity contribution is 5.89. The third-order valence-electron chi connectivity index (χ3n) is 1.70. The summed E-state index contributed by atoms with van der Waals surface area (Å²) in [5, 5.41) is 11.6. The molecule has 0 aliphatic heterocycles. The molecular weight excluding hydrogens is 198 g/mol. The number of hydrogen-bond acceptors (Lipinski definition) is 5. The predicted molar refractivity (Wildman–Crippen MR) is 53.4 cm³/mol. The third kappa shape index (κ3) is 3.86. The maximum absolute atomic E-state index is 11.3. The van der Waals surface area contributed by atoms with Gasteiger partial charge in [0.1, 0.15) is 19.3 Å². The van der Waals surface area contributed by atoms with Crippen molar-refractivity contribution in [3.8, 4) is 0 Å². The lowest BCUT2D eigenvalue weighted by molar-refractivity contribution is 0.0277. The molecule has 1 aromatic rings. The Morgan fingerprint density at radius 3 is 2.67 bits per heavy atom. The Morgan fingerprint density at radius 2 is 2.07 bits per heavy atom. The van der Waals surface area contributed by atoms with E-state index in [1.54, 1.807) is 30.3 Å². The molecule has 0 aliphatic rings. The Balaban J connectivity index is 2.40. The zero-order valence-electron chi connectivity index (χ0n) is 8.00. The zero-order valence-corrected chi connectivity index (χ0v) is 8.00. The quantitative estimate of drug-likeness (QED) is 0.579. The summed E-state index contributed by atoms with van der Waals surface area (Å²) in [5.41, 5.74) is 0.406. The van der Waals surface area contributed by atoms with Gasteiger partial charge in [-0.1, -0.05) is 23.4 Å². The van der Waals surface area contributed by atoms with Gasteiger partial charge in [0.15, 0.2) is 0 Å². The van der Waals surface area contributed by atoms with Crippen LogP contribution >= 0.6 is 0 Å². The second kappa shape index (κ2) is 5.87. The molecule has 1 atom stereocenters. The first kappa shape index (κ1) is 11.3. The number of nitrogens with zero attached hydrogens (tertiary/aromatic N) is 1. The number of carbonyl (C=O) groups excluding carboxylic acids is 1. The number of esters is 1. The third-order valence-corrected chi connectivity index (χ3v) is 1.70.